The molecule has 1 fully saturated rings. The Balaban J connectivity index is 2.24. The zero-order chi connectivity index (χ0) is 14.8. The fraction of sp³-hybridized carbons (Fsp3) is 0.714. The zero-order valence-electron chi connectivity index (χ0n) is 12.5. The molecule has 2 N–H and O–H groups in total. The molecule has 0 aromatic carbocycles. The summed E-state index contributed by atoms with van der Waals surface area (Å²) in [6, 6.07) is 0.303. The van der Waals surface area contributed by atoms with Gasteiger partial charge in [-0.25, -0.2) is 0 Å². The van der Waals surface area contributed by atoms with E-state index in [0.29, 0.717) is 12.5 Å². The van der Waals surface area contributed by atoms with Crippen molar-refractivity contribution in [1.82, 2.24) is 15.5 Å². The van der Waals surface area contributed by atoms with Crippen LogP contribution in [0, 0.1) is 0 Å². The minimum atomic E-state index is 0.234. The number of carbonyl (C=O) groups excluding carboxylic acids is 1. The van der Waals surface area contributed by atoms with E-state index < -0.39 is 0 Å². The normalized spacial score (nSPS) is 19.0. The molecule has 1 saturated heterocycles. The monoisotopic (exact) mass is 298 g/mol. The molecule has 1 unspecified atom stereocenters. The van der Waals surface area contributed by atoms with E-state index in [1.165, 1.54) is 0 Å². The third-order valence-electron chi connectivity index (χ3n) is 3.18. The Hall–Kier alpha value is -1.17. The van der Waals surface area contributed by atoms with Gasteiger partial charge in [0.15, 0.2) is 5.96 Å². The lowest BCUT2D eigenvalue weighted by Crippen LogP contribution is -2.45. The van der Waals surface area contributed by atoms with Gasteiger partial charge in [0, 0.05) is 50.7 Å². The van der Waals surface area contributed by atoms with Gasteiger partial charge in [0.05, 0.1) is 0 Å². The molecule has 1 aliphatic rings. The molecule has 6 heteroatoms. The van der Waals surface area contributed by atoms with Gasteiger partial charge in [-0.15, -0.1) is 6.58 Å². The minimum Gasteiger partial charge on any atom is -0.356 e. The first-order valence-electron chi connectivity index (χ1n) is 7.14. The first kappa shape index (κ1) is 16.9. The van der Waals surface area contributed by atoms with Crippen LogP contribution in [0.1, 0.15) is 19.8 Å². The second-order valence-electron chi connectivity index (χ2n) is 4.69. The number of thioether (sulfide) groups is 1. The molecular formula is C14H26N4OS. The molecule has 0 aromatic rings. The van der Waals surface area contributed by atoms with Crippen LogP contribution >= 0.6 is 11.8 Å². The number of hydrogen-bond acceptors (Lipinski definition) is 3. The summed E-state index contributed by atoms with van der Waals surface area (Å²) in [4.78, 5) is 17.8. The van der Waals surface area contributed by atoms with Crippen molar-refractivity contribution in [2.75, 3.05) is 38.2 Å². The number of nitrogens with zero attached hydrogens (tertiary/aromatic N) is 2. The van der Waals surface area contributed by atoms with Crippen molar-refractivity contribution in [2.24, 2.45) is 4.99 Å². The number of amides is 1. The molecule has 1 heterocycles. The third kappa shape index (κ3) is 5.86. The molecule has 0 radical (unpaired) electrons. The molecule has 1 amide bonds. The summed E-state index contributed by atoms with van der Waals surface area (Å²) in [5.41, 5.74) is 0. The predicted molar refractivity (Wildman–Crippen MR) is 87.3 cm³/mol. The van der Waals surface area contributed by atoms with E-state index in [-0.39, 0.29) is 5.91 Å². The maximum absolute atomic E-state index is 11.6. The molecule has 0 spiro atoms. The van der Waals surface area contributed by atoms with Gasteiger partial charge in [-0.2, -0.15) is 11.8 Å². The standard InChI is InChI=1S/C14H26N4OS/c1-4-9-20-10-7-16-14(15-3)17-12-6-8-18(11-12)13(19)5-2/h4,12H,1,5-11H2,2-3H3,(H2,15,16,17). The smallest absolute Gasteiger partial charge is 0.222 e. The van der Waals surface area contributed by atoms with Crippen LogP contribution in [0.5, 0.6) is 0 Å². The number of rotatable bonds is 7. The molecule has 1 rings (SSSR count). The van der Waals surface area contributed by atoms with Crippen LogP contribution in [-0.4, -0.2) is 61.0 Å². The molecule has 20 heavy (non-hydrogen) atoms. The van der Waals surface area contributed by atoms with Gasteiger partial charge in [0.1, 0.15) is 0 Å². The average Bonchev–Trinajstić information content (AvgIpc) is 2.93. The molecular weight excluding hydrogens is 272 g/mol. The highest BCUT2D eigenvalue weighted by Crippen LogP contribution is 2.10. The molecule has 114 valence electrons. The van der Waals surface area contributed by atoms with Crippen molar-refractivity contribution in [2.45, 2.75) is 25.8 Å². The highest BCUT2D eigenvalue weighted by Gasteiger charge is 2.25. The van der Waals surface area contributed by atoms with Crippen LogP contribution in [0.3, 0.4) is 0 Å². The Labute approximate surface area is 126 Å². The van der Waals surface area contributed by atoms with E-state index in [1.807, 2.05) is 29.7 Å². The lowest BCUT2D eigenvalue weighted by atomic mass is 10.3. The third-order valence-corrected chi connectivity index (χ3v) is 4.15. The lowest BCUT2D eigenvalue weighted by molar-refractivity contribution is -0.129. The van der Waals surface area contributed by atoms with Crippen molar-refractivity contribution >= 4 is 23.6 Å². The SMILES string of the molecule is C=CCSCCNC(=NC)NC1CCN(C(=O)CC)C1. The van der Waals surface area contributed by atoms with Crippen LogP contribution in [0.4, 0.5) is 0 Å². The van der Waals surface area contributed by atoms with E-state index in [9.17, 15) is 4.79 Å². The molecule has 0 bridgehead atoms. The van der Waals surface area contributed by atoms with Gasteiger partial charge in [0.25, 0.3) is 0 Å². The Bertz CT molecular complexity index is 346. The quantitative estimate of drug-likeness (QED) is 0.320. The Morgan fingerprint density at radius 1 is 1.60 bits per heavy atom. The van der Waals surface area contributed by atoms with Crippen molar-refractivity contribution in [1.29, 1.82) is 0 Å². The van der Waals surface area contributed by atoms with E-state index in [4.69, 9.17) is 0 Å². The molecule has 1 atom stereocenters. The lowest BCUT2D eigenvalue weighted by Gasteiger charge is -2.18. The number of guanidine groups is 1. The first-order chi connectivity index (χ1) is 9.71. The number of likely N-dealkylation sites (tertiary alicyclic amines) is 1. The maximum Gasteiger partial charge on any atom is 0.222 e. The number of hydrogen-bond donors (Lipinski definition) is 2. The summed E-state index contributed by atoms with van der Waals surface area (Å²) in [6.45, 7) is 8.10. The molecule has 0 saturated carbocycles. The molecule has 5 nitrogen and oxygen atoms in total. The highest BCUT2D eigenvalue weighted by molar-refractivity contribution is 7.99. The van der Waals surface area contributed by atoms with Crippen LogP contribution in [0.2, 0.25) is 0 Å². The van der Waals surface area contributed by atoms with E-state index in [0.717, 1.165) is 43.5 Å². The van der Waals surface area contributed by atoms with Crippen LogP contribution < -0.4 is 10.6 Å². The van der Waals surface area contributed by atoms with Gasteiger partial charge in [-0.3, -0.25) is 9.79 Å². The highest BCUT2D eigenvalue weighted by atomic mass is 32.2. The van der Waals surface area contributed by atoms with Crippen molar-refractivity contribution in [3.05, 3.63) is 12.7 Å². The first-order valence-corrected chi connectivity index (χ1v) is 8.30. The Morgan fingerprint density at radius 3 is 3.05 bits per heavy atom. The summed E-state index contributed by atoms with van der Waals surface area (Å²) >= 11 is 1.84. The van der Waals surface area contributed by atoms with Crippen molar-refractivity contribution in [3.8, 4) is 0 Å². The summed E-state index contributed by atoms with van der Waals surface area (Å²) in [5, 5.41) is 6.67. The fourth-order valence-electron chi connectivity index (χ4n) is 2.12. The van der Waals surface area contributed by atoms with E-state index in [2.05, 4.69) is 22.2 Å². The molecule has 1 aliphatic heterocycles. The van der Waals surface area contributed by atoms with Gasteiger partial charge >= 0.3 is 0 Å². The number of aliphatic imine (C=N–C) groups is 1. The second kappa shape index (κ2) is 9.69. The molecule has 0 aromatic heterocycles. The summed E-state index contributed by atoms with van der Waals surface area (Å²) < 4.78 is 0. The summed E-state index contributed by atoms with van der Waals surface area (Å²) in [5.74, 6) is 3.06. The van der Waals surface area contributed by atoms with Crippen LogP contribution in [0.15, 0.2) is 17.6 Å². The number of carbonyl (C=O) groups is 1. The average molecular weight is 298 g/mol. The van der Waals surface area contributed by atoms with Gasteiger partial charge in [-0.1, -0.05) is 13.0 Å². The summed E-state index contributed by atoms with van der Waals surface area (Å²) in [7, 11) is 1.77. The zero-order valence-corrected chi connectivity index (χ0v) is 13.3. The maximum atomic E-state index is 11.6. The second-order valence-corrected chi connectivity index (χ2v) is 5.84. The van der Waals surface area contributed by atoms with E-state index >= 15 is 0 Å². The van der Waals surface area contributed by atoms with Gasteiger partial charge in [-0.05, 0) is 6.42 Å². The van der Waals surface area contributed by atoms with Crippen molar-refractivity contribution in [3.63, 3.8) is 0 Å². The predicted octanol–water partition coefficient (Wildman–Crippen LogP) is 1.08. The minimum absolute atomic E-state index is 0.234. The van der Waals surface area contributed by atoms with Crippen LogP contribution in [0.25, 0.3) is 0 Å². The number of nitrogens with one attached hydrogen (secondary N) is 2. The van der Waals surface area contributed by atoms with Crippen LogP contribution in [-0.2, 0) is 4.79 Å². The molecule has 0 aliphatic carbocycles. The fourth-order valence-corrected chi connectivity index (χ4v) is 2.70. The largest absolute Gasteiger partial charge is 0.356 e. The Morgan fingerprint density at radius 2 is 2.40 bits per heavy atom. The Kier molecular flexibility index (Phi) is 8.18. The van der Waals surface area contributed by atoms with E-state index in [1.54, 1.807) is 7.05 Å². The van der Waals surface area contributed by atoms with Gasteiger partial charge < -0.3 is 15.5 Å². The van der Waals surface area contributed by atoms with Gasteiger partial charge in [0.2, 0.25) is 5.91 Å². The summed E-state index contributed by atoms with van der Waals surface area (Å²) in [6.07, 6.45) is 3.48. The topological polar surface area (TPSA) is 56.7 Å². The van der Waals surface area contributed by atoms with Crippen molar-refractivity contribution < 1.29 is 4.79 Å².